The van der Waals surface area contributed by atoms with E-state index >= 15 is 0 Å². The van der Waals surface area contributed by atoms with Gasteiger partial charge in [-0.3, -0.25) is 28.8 Å². The maximum absolute atomic E-state index is 12.5. The fraction of sp³-hybridized carbons (Fsp3) is 0.562. The summed E-state index contributed by atoms with van der Waals surface area (Å²) in [5.74, 6) is -8.85. The second-order valence-electron chi connectivity index (χ2n) is 6.51. The summed E-state index contributed by atoms with van der Waals surface area (Å²) < 4.78 is 0. The van der Waals surface area contributed by atoms with Crippen LogP contribution in [-0.4, -0.2) is 86.8 Å². The first-order chi connectivity index (χ1) is 14.8. The van der Waals surface area contributed by atoms with Gasteiger partial charge in [-0.1, -0.05) is 0 Å². The molecule has 16 heteroatoms. The summed E-state index contributed by atoms with van der Waals surface area (Å²) in [6.45, 7) is 0. The Balaban J connectivity index is 5.58. The van der Waals surface area contributed by atoms with Crippen LogP contribution in [0, 0.1) is 0 Å². The van der Waals surface area contributed by atoms with E-state index in [4.69, 9.17) is 26.8 Å². The summed E-state index contributed by atoms with van der Waals surface area (Å²) in [7, 11) is 0. The van der Waals surface area contributed by atoms with Crippen LogP contribution in [0.3, 0.4) is 0 Å². The molecule has 0 rings (SSSR count). The number of nitrogens with two attached hydrogens (primary N) is 2. The van der Waals surface area contributed by atoms with Crippen molar-refractivity contribution in [2.75, 3.05) is 5.75 Å². The molecule has 32 heavy (non-hydrogen) atoms. The second kappa shape index (κ2) is 13.8. The van der Waals surface area contributed by atoms with Gasteiger partial charge in [0.15, 0.2) is 0 Å². The van der Waals surface area contributed by atoms with Crippen molar-refractivity contribution < 1.29 is 48.9 Å². The molecule has 0 aliphatic heterocycles. The van der Waals surface area contributed by atoms with E-state index in [0.717, 1.165) is 0 Å². The van der Waals surface area contributed by atoms with E-state index in [1.165, 1.54) is 0 Å². The molecule has 180 valence electrons. The van der Waals surface area contributed by atoms with Gasteiger partial charge in [-0.15, -0.1) is 0 Å². The standard InChI is InChI=1S/C16H25N5O10S/c17-6(5-32)13(27)20-8(4-12(25)26)15(29)19-7(1-2-11(23)24)14(28)21-9(16(30)31)3-10(18)22/h6-9,32H,1-5,17H2,(H2,18,22)(H,19,29)(H,20,27)(H,21,28)(H,23,24)(H,25,26)(H,30,31). The Morgan fingerprint density at radius 1 is 0.750 bits per heavy atom. The molecular formula is C16H25N5O10S. The van der Waals surface area contributed by atoms with E-state index < -0.39 is 91.4 Å². The number of hydrogen-bond donors (Lipinski definition) is 9. The first-order valence-corrected chi connectivity index (χ1v) is 9.63. The summed E-state index contributed by atoms with van der Waals surface area (Å²) in [4.78, 5) is 80.9. The number of nitrogens with one attached hydrogen (secondary N) is 3. The van der Waals surface area contributed by atoms with E-state index in [1.54, 1.807) is 0 Å². The molecular weight excluding hydrogens is 454 g/mol. The summed E-state index contributed by atoms with van der Waals surface area (Å²) in [6, 6.07) is -6.25. The Labute approximate surface area is 186 Å². The van der Waals surface area contributed by atoms with Gasteiger partial charge in [0, 0.05) is 12.2 Å². The summed E-state index contributed by atoms with van der Waals surface area (Å²) in [6.07, 6.45) is -2.82. The van der Waals surface area contributed by atoms with Crippen molar-refractivity contribution in [3.8, 4) is 0 Å². The average molecular weight is 479 g/mol. The van der Waals surface area contributed by atoms with Crippen LogP contribution in [0.5, 0.6) is 0 Å². The monoisotopic (exact) mass is 479 g/mol. The predicted molar refractivity (Wildman–Crippen MR) is 108 cm³/mol. The highest BCUT2D eigenvalue weighted by molar-refractivity contribution is 7.80. The van der Waals surface area contributed by atoms with E-state index in [9.17, 15) is 33.6 Å². The van der Waals surface area contributed by atoms with Crippen molar-refractivity contribution in [2.45, 2.75) is 49.9 Å². The molecule has 4 amide bonds. The molecule has 0 aliphatic carbocycles. The van der Waals surface area contributed by atoms with Crippen molar-refractivity contribution in [3.05, 3.63) is 0 Å². The molecule has 10 N–H and O–H groups in total. The van der Waals surface area contributed by atoms with Crippen molar-refractivity contribution in [1.29, 1.82) is 0 Å². The molecule has 0 saturated carbocycles. The Kier molecular flexibility index (Phi) is 12.3. The quantitative estimate of drug-likeness (QED) is 0.102. The van der Waals surface area contributed by atoms with Crippen molar-refractivity contribution in [2.24, 2.45) is 11.5 Å². The number of carboxylic acid groups (broad SMARTS) is 3. The minimum atomic E-state index is -1.76. The van der Waals surface area contributed by atoms with Crippen LogP contribution in [-0.2, 0) is 33.6 Å². The molecule has 0 radical (unpaired) electrons. The molecule has 0 heterocycles. The minimum absolute atomic E-state index is 0.118. The first kappa shape index (κ1) is 28.6. The van der Waals surface area contributed by atoms with E-state index in [0.29, 0.717) is 0 Å². The van der Waals surface area contributed by atoms with Gasteiger partial charge in [0.1, 0.15) is 18.1 Å². The van der Waals surface area contributed by atoms with E-state index in [2.05, 4.69) is 23.3 Å². The zero-order valence-corrected chi connectivity index (χ0v) is 17.5. The molecule has 15 nitrogen and oxygen atoms in total. The molecule has 0 spiro atoms. The van der Waals surface area contributed by atoms with Gasteiger partial charge in [-0.2, -0.15) is 12.6 Å². The van der Waals surface area contributed by atoms with Gasteiger partial charge in [0.05, 0.1) is 18.9 Å². The number of carbonyl (C=O) groups is 7. The highest BCUT2D eigenvalue weighted by Crippen LogP contribution is 2.04. The van der Waals surface area contributed by atoms with Crippen LogP contribution in [0.1, 0.15) is 25.7 Å². The van der Waals surface area contributed by atoms with Crippen molar-refractivity contribution in [3.63, 3.8) is 0 Å². The lowest BCUT2D eigenvalue weighted by atomic mass is 10.1. The highest BCUT2D eigenvalue weighted by atomic mass is 32.1. The number of amides is 4. The Morgan fingerprint density at radius 3 is 1.69 bits per heavy atom. The number of thiol groups is 1. The predicted octanol–water partition coefficient (Wildman–Crippen LogP) is -4.00. The largest absolute Gasteiger partial charge is 0.481 e. The molecule has 0 aromatic heterocycles. The number of hydrogen-bond acceptors (Lipinski definition) is 9. The van der Waals surface area contributed by atoms with Crippen LogP contribution in [0.2, 0.25) is 0 Å². The number of rotatable bonds is 15. The van der Waals surface area contributed by atoms with Gasteiger partial charge < -0.3 is 42.7 Å². The molecule has 4 atom stereocenters. The lowest BCUT2D eigenvalue weighted by Gasteiger charge is -2.24. The Morgan fingerprint density at radius 2 is 1.25 bits per heavy atom. The molecule has 0 fully saturated rings. The average Bonchev–Trinajstić information content (AvgIpc) is 2.67. The lowest BCUT2D eigenvalue weighted by Crippen LogP contribution is -2.58. The summed E-state index contributed by atoms with van der Waals surface area (Å²) in [5.41, 5.74) is 10.4. The summed E-state index contributed by atoms with van der Waals surface area (Å²) >= 11 is 3.81. The van der Waals surface area contributed by atoms with Crippen LogP contribution in [0.25, 0.3) is 0 Å². The van der Waals surface area contributed by atoms with Gasteiger partial charge in [0.2, 0.25) is 23.6 Å². The maximum Gasteiger partial charge on any atom is 0.326 e. The molecule has 0 bridgehead atoms. The Bertz CT molecular complexity index is 761. The van der Waals surface area contributed by atoms with E-state index in [1.807, 2.05) is 5.32 Å². The lowest BCUT2D eigenvalue weighted by molar-refractivity contribution is -0.144. The normalized spacial score (nSPS) is 14.2. The SMILES string of the molecule is NC(=O)CC(NC(=O)C(CCC(=O)O)NC(=O)C(CC(=O)O)NC(=O)C(N)CS)C(=O)O. The van der Waals surface area contributed by atoms with Gasteiger partial charge >= 0.3 is 17.9 Å². The van der Waals surface area contributed by atoms with Crippen molar-refractivity contribution in [1.82, 2.24) is 16.0 Å². The topological polar surface area (TPSA) is 268 Å². The number of carbonyl (C=O) groups excluding carboxylic acids is 4. The third kappa shape index (κ3) is 11.1. The second-order valence-corrected chi connectivity index (χ2v) is 6.88. The van der Waals surface area contributed by atoms with Gasteiger partial charge in [0.25, 0.3) is 0 Å². The first-order valence-electron chi connectivity index (χ1n) is 9.00. The zero-order valence-electron chi connectivity index (χ0n) is 16.6. The molecule has 0 saturated heterocycles. The fourth-order valence-electron chi connectivity index (χ4n) is 2.23. The molecule has 0 aromatic carbocycles. The molecule has 0 aromatic rings. The van der Waals surface area contributed by atoms with Crippen LogP contribution >= 0.6 is 12.6 Å². The van der Waals surface area contributed by atoms with Gasteiger partial charge in [-0.05, 0) is 6.42 Å². The Hall–Kier alpha value is -3.40. The number of aliphatic carboxylic acids is 3. The minimum Gasteiger partial charge on any atom is -0.481 e. The maximum atomic E-state index is 12.5. The van der Waals surface area contributed by atoms with Crippen LogP contribution in [0.15, 0.2) is 0 Å². The van der Waals surface area contributed by atoms with Crippen LogP contribution < -0.4 is 27.4 Å². The highest BCUT2D eigenvalue weighted by Gasteiger charge is 2.32. The van der Waals surface area contributed by atoms with Crippen molar-refractivity contribution >= 4 is 54.2 Å². The number of carboxylic acids is 3. The summed E-state index contributed by atoms with van der Waals surface area (Å²) in [5, 5.41) is 33.0. The van der Waals surface area contributed by atoms with E-state index in [-0.39, 0.29) is 5.75 Å². The smallest absolute Gasteiger partial charge is 0.326 e. The molecule has 0 aliphatic rings. The zero-order chi connectivity index (χ0) is 25.0. The third-order valence-electron chi connectivity index (χ3n) is 3.84. The molecule has 4 unspecified atom stereocenters. The fourth-order valence-corrected chi connectivity index (χ4v) is 2.39. The van der Waals surface area contributed by atoms with Gasteiger partial charge in [-0.25, -0.2) is 4.79 Å². The third-order valence-corrected chi connectivity index (χ3v) is 4.24. The number of primary amides is 1. The van der Waals surface area contributed by atoms with Crippen LogP contribution in [0.4, 0.5) is 0 Å².